The molecule has 0 aromatic rings. The zero-order chi connectivity index (χ0) is 7.99. The first kappa shape index (κ1) is 1.12. The van der Waals surface area contributed by atoms with E-state index < -0.39 is 19.3 Å². The highest BCUT2D eigenvalue weighted by atomic mass is 16.8. The molecule has 6 heavy (non-hydrogen) atoms. The molecule has 0 aliphatic carbocycles. The van der Waals surface area contributed by atoms with E-state index in [0.29, 0.717) is 0 Å². The Bertz CT molecular complexity index is 159. The number of hydrogen-bond donors (Lipinski definition) is 0. The van der Waals surface area contributed by atoms with Gasteiger partial charge < -0.3 is 9.47 Å². The second kappa shape index (κ2) is 1.16. The lowest BCUT2D eigenvalue weighted by atomic mass is 10.8. The van der Waals surface area contributed by atoms with Gasteiger partial charge in [0.2, 0.25) is 0 Å². The first-order valence-corrected chi connectivity index (χ1v) is 1.27. The maximum absolute atomic E-state index is 10.1. The van der Waals surface area contributed by atoms with Crippen LogP contribution in [0.3, 0.4) is 0 Å². The minimum atomic E-state index is -2.68. The van der Waals surface area contributed by atoms with Gasteiger partial charge in [0.1, 0.15) is 13.1 Å². The largest absolute Gasteiger partial charge is 0.508 e. The van der Waals surface area contributed by atoms with E-state index >= 15 is 0 Å². The van der Waals surface area contributed by atoms with Gasteiger partial charge in [0.05, 0.1) is 5.48 Å². The van der Waals surface area contributed by atoms with Crippen molar-refractivity contribution in [1.82, 2.24) is 0 Å². The molecule has 1 fully saturated rings. The zero-order valence-electron chi connectivity index (χ0n) is 6.72. The third-order valence-corrected chi connectivity index (χ3v) is 0.310. The molecule has 34 valence electrons. The lowest BCUT2D eigenvalue weighted by Gasteiger charge is -1.78. The minimum absolute atomic E-state index is 1.32. The quantitative estimate of drug-likeness (QED) is 0.399. The van der Waals surface area contributed by atoms with Crippen molar-refractivity contribution in [2.75, 3.05) is 13.1 Å². The van der Waals surface area contributed by atoms with E-state index in [1.165, 1.54) is 0 Å². The lowest BCUT2D eigenvalue weighted by Crippen LogP contribution is -1.88. The summed E-state index contributed by atoms with van der Waals surface area (Å²) in [6.07, 6.45) is -1.32. The third-order valence-electron chi connectivity index (χ3n) is 0.310. The van der Waals surface area contributed by atoms with E-state index in [1.807, 2.05) is 0 Å². The SMILES string of the molecule is [2H]C1([2H])OC(=O)OC1([2H])[2H]. The maximum Gasteiger partial charge on any atom is 0.508 e. The predicted molar refractivity (Wildman–Crippen MR) is 17.3 cm³/mol. The number of carbonyl (C=O) groups excluding carboxylic acids is 1. The second-order valence-electron chi connectivity index (χ2n) is 0.658. The van der Waals surface area contributed by atoms with Gasteiger partial charge in [-0.3, -0.25) is 0 Å². The van der Waals surface area contributed by atoms with Gasteiger partial charge in [-0.15, -0.1) is 0 Å². The van der Waals surface area contributed by atoms with Gasteiger partial charge in [-0.25, -0.2) is 4.79 Å². The fourth-order valence-electron chi connectivity index (χ4n) is 0.146. The average molecular weight is 92.1 g/mol. The number of ether oxygens (including phenoxy) is 2. The topological polar surface area (TPSA) is 35.5 Å². The predicted octanol–water partition coefficient (Wildman–Crippen LogP) is 0.153. The Labute approximate surface area is 40.5 Å². The molecule has 0 unspecified atom stereocenters. The number of hydrogen-bond acceptors (Lipinski definition) is 3. The van der Waals surface area contributed by atoms with Crippen LogP contribution >= 0.6 is 0 Å². The molecule has 0 aromatic carbocycles. The van der Waals surface area contributed by atoms with Crippen LogP contribution in [-0.4, -0.2) is 19.3 Å². The summed E-state index contributed by atoms with van der Waals surface area (Å²) in [6.45, 7) is -5.35. The van der Waals surface area contributed by atoms with Gasteiger partial charge in [-0.1, -0.05) is 0 Å². The Morgan fingerprint density at radius 3 is 2.33 bits per heavy atom. The van der Waals surface area contributed by atoms with Gasteiger partial charge in [-0.05, 0) is 0 Å². The number of cyclic esters (lactones) is 2. The summed E-state index contributed by atoms with van der Waals surface area (Å²) in [5.41, 5.74) is 0. The van der Waals surface area contributed by atoms with E-state index in [2.05, 4.69) is 9.47 Å². The van der Waals surface area contributed by atoms with Crippen molar-refractivity contribution in [1.29, 1.82) is 0 Å². The summed E-state index contributed by atoms with van der Waals surface area (Å²) in [5.74, 6) is 0. The molecular formula is C3H4O3. The van der Waals surface area contributed by atoms with Gasteiger partial charge in [-0.2, -0.15) is 0 Å². The maximum atomic E-state index is 10.1. The van der Waals surface area contributed by atoms with Crippen molar-refractivity contribution in [3.63, 3.8) is 0 Å². The Kier molecular flexibility index (Phi) is 0.216. The summed E-state index contributed by atoms with van der Waals surface area (Å²) in [4.78, 5) is 10.1. The molecule has 0 saturated carbocycles. The van der Waals surface area contributed by atoms with Crippen LogP contribution in [0.1, 0.15) is 5.48 Å². The summed E-state index contributed by atoms with van der Waals surface area (Å²) < 4.78 is 34.7. The normalized spacial score (nSPS) is 46.3. The lowest BCUT2D eigenvalue weighted by molar-refractivity contribution is 0.131. The third kappa shape index (κ3) is 0.429. The average Bonchev–Trinajstić information content (AvgIpc) is 1.73. The molecule has 0 atom stereocenters. The van der Waals surface area contributed by atoms with Crippen LogP contribution in [0.2, 0.25) is 0 Å². The summed E-state index contributed by atoms with van der Waals surface area (Å²) in [5, 5.41) is 0. The highest BCUT2D eigenvalue weighted by Gasteiger charge is 2.09. The highest BCUT2D eigenvalue weighted by Crippen LogP contribution is 1.92. The molecule has 1 heterocycles. The first-order chi connectivity index (χ1) is 4.35. The molecule has 0 aromatic heterocycles. The van der Waals surface area contributed by atoms with E-state index in [4.69, 9.17) is 5.48 Å². The van der Waals surface area contributed by atoms with E-state index in [0.717, 1.165) is 0 Å². The van der Waals surface area contributed by atoms with Gasteiger partial charge in [0.15, 0.2) is 0 Å². The molecule has 0 N–H and O–H groups in total. The van der Waals surface area contributed by atoms with Crippen molar-refractivity contribution in [2.24, 2.45) is 0 Å². The molecular weight excluding hydrogens is 84.0 g/mol. The number of carbonyl (C=O) groups is 1. The molecule has 3 nitrogen and oxygen atoms in total. The van der Waals surface area contributed by atoms with Crippen LogP contribution in [0, 0.1) is 0 Å². The first-order valence-electron chi connectivity index (χ1n) is 3.27. The Balaban J connectivity index is 2.88. The van der Waals surface area contributed by atoms with Crippen LogP contribution in [0.25, 0.3) is 0 Å². The molecule has 0 bridgehead atoms. The fourth-order valence-corrected chi connectivity index (χ4v) is 0.146. The molecule has 0 spiro atoms. The molecule has 3 heteroatoms. The van der Waals surface area contributed by atoms with Crippen LogP contribution in [0.4, 0.5) is 4.79 Å². The Morgan fingerprint density at radius 2 is 2.17 bits per heavy atom. The van der Waals surface area contributed by atoms with Crippen molar-refractivity contribution in [3.8, 4) is 0 Å². The molecule has 1 aliphatic heterocycles. The van der Waals surface area contributed by atoms with E-state index in [1.54, 1.807) is 0 Å². The molecule has 1 aliphatic rings. The smallest absolute Gasteiger partial charge is 0.431 e. The standard InChI is InChI=1S/C3H4O3/c4-3-5-1-2-6-3/h1-2H2/i1D2,2D2. The zero-order valence-corrected chi connectivity index (χ0v) is 2.72. The van der Waals surface area contributed by atoms with Crippen LogP contribution in [0.5, 0.6) is 0 Å². The van der Waals surface area contributed by atoms with E-state index in [-0.39, 0.29) is 0 Å². The summed E-state index contributed by atoms with van der Waals surface area (Å²) in [6, 6.07) is 0. The monoisotopic (exact) mass is 92.0 g/mol. The van der Waals surface area contributed by atoms with Gasteiger partial charge >= 0.3 is 6.16 Å². The molecule has 1 saturated heterocycles. The fraction of sp³-hybridized carbons (Fsp3) is 0.667. The summed E-state index contributed by atoms with van der Waals surface area (Å²) >= 11 is 0. The Morgan fingerprint density at radius 1 is 1.67 bits per heavy atom. The molecule has 0 radical (unpaired) electrons. The van der Waals surface area contributed by atoms with Crippen LogP contribution in [0.15, 0.2) is 0 Å². The van der Waals surface area contributed by atoms with Crippen molar-refractivity contribution in [2.45, 2.75) is 0 Å². The minimum Gasteiger partial charge on any atom is -0.431 e. The highest BCUT2D eigenvalue weighted by molar-refractivity contribution is 5.61. The second-order valence-corrected chi connectivity index (χ2v) is 0.658. The van der Waals surface area contributed by atoms with Crippen LogP contribution in [-0.2, 0) is 9.47 Å². The van der Waals surface area contributed by atoms with Crippen LogP contribution < -0.4 is 0 Å². The molecule has 0 amide bonds. The Hall–Kier alpha value is -0.730. The van der Waals surface area contributed by atoms with Crippen molar-refractivity contribution < 1.29 is 19.8 Å². The van der Waals surface area contributed by atoms with Crippen molar-refractivity contribution in [3.05, 3.63) is 0 Å². The number of rotatable bonds is 0. The summed E-state index contributed by atoms with van der Waals surface area (Å²) in [7, 11) is 0. The molecule has 1 rings (SSSR count). The van der Waals surface area contributed by atoms with E-state index in [9.17, 15) is 4.79 Å². The van der Waals surface area contributed by atoms with Gasteiger partial charge in [0.25, 0.3) is 0 Å². The van der Waals surface area contributed by atoms with Gasteiger partial charge in [0, 0.05) is 0 Å². The van der Waals surface area contributed by atoms with Crippen molar-refractivity contribution >= 4 is 6.16 Å².